The third-order valence-corrected chi connectivity index (χ3v) is 4.62. The van der Waals surface area contributed by atoms with E-state index < -0.39 is 0 Å². The van der Waals surface area contributed by atoms with Gasteiger partial charge in [-0.2, -0.15) is 5.10 Å². The molecule has 0 saturated carbocycles. The third kappa shape index (κ3) is 3.25. The van der Waals surface area contributed by atoms with Crippen molar-refractivity contribution in [2.24, 2.45) is 0 Å². The summed E-state index contributed by atoms with van der Waals surface area (Å²) in [6.45, 7) is 0.525. The van der Waals surface area contributed by atoms with E-state index in [1.54, 1.807) is 35.0 Å². The molecule has 1 amide bonds. The van der Waals surface area contributed by atoms with Crippen LogP contribution in [0.15, 0.2) is 60.8 Å². The molecule has 0 aliphatic carbocycles. The van der Waals surface area contributed by atoms with E-state index in [4.69, 9.17) is 9.47 Å². The van der Waals surface area contributed by atoms with Crippen molar-refractivity contribution < 1.29 is 18.7 Å². The average Bonchev–Trinajstić information content (AvgIpc) is 3.39. The second-order valence-corrected chi connectivity index (χ2v) is 6.51. The number of carbonyl (C=O) groups excluding carboxylic acids is 1. The van der Waals surface area contributed by atoms with Crippen molar-refractivity contribution in [2.45, 2.75) is 6.54 Å². The van der Waals surface area contributed by atoms with Crippen LogP contribution in [-0.2, 0) is 6.54 Å². The van der Waals surface area contributed by atoms with Crippen LogP contribution < -0.4 is 14.8 Å². The lowest BCUT2D eigenvalue weighted by Gasteiger charge is -2.05. The fourth-order valence-electron chi connectivity index (χ4n) is 3.17. The fraction of sp³-hybridized carbons (Fsp3) is 0.0952. The zero-order valence-corrected chi connectivity index (χ0v) is 15.1. The van der Waals surface area contributed by atoms with Crippen molar-refractivity contribution in [1.82, 2.24) is 19.9 Å². The number of amides is 1. The number of aromatic nitrogens is 3. The molecule has 8 heteroatoms. The van der Waals surface area contributed by atoms with E-state index in [0.29, 0.717) is 29.4 Å². The first-order valence-corrected chi connectivity index (χ1v) is 8.95. The molecule has 29 heavy (non-hydrogen) atoms. The normalized spacial score (nSPS) is 12.3. The van der Waals surface area contributed by atoms with Crippen LogP contribution in [0.1, 0.15) is 16.1 Å². The summed E-state index contributed by atoms with van der Waals surface area (Å²) < 4.78 is 25.4. The van der Waals surface area contributed by atoms with E-state index in [-0.39, 0.29) is 24.2 Å². The lowest BCUT2D eigenvalue weighted by Crippen LogP contribution is -2.23. The Kier molecular flexibility index (Phi) is 4.09. The van der Waals surface area contributed by atoms with Crippen LogP contribution >= 0.6 is 0 Å². The number of ether oxygens (including phenoxy) is 2. The van der Waals surface area contributed by atoms with Gasteiger partial charge < -0.3 is 14.8 Å². The number of fused-ring (bicyclic) bond motifs is 2. The van der Waals surface area contributed by atoms with Gasteiger partial charge in [0.1, 0.15) is 5.82 Å². The van der Waals surface area contributed by atoms with Crippen LogP contribution in [0.2, 0.25) is 0 Å². The molecule has 0 atom stereocenters. The largest absolute Gasteiger partial charge is 0.454 e. The van der Waals surface area contributed by atoms with Gasteiger partial charge in [0.05, 0.1) is 5.69 Å². The molecular formula is C21H15FN4O3. The molecule has 4 aromatic rings. The summed E-state index contributed by atoms with van der Waals surface area (Å²) in [5.41, 5.74) is 3.14. The SMILES string of the molecule is O=C(NCc1ccc2c(c1)OCO2)c1cc2nccc(-c3ccc(F)cc3)n2n1. The van der Waals surface area contributed by atoms with Crippen LogP contribution in [0, 0.1) is 5.82 Å². The quantitative estimate of drug-likeness (QED) is 0.579. The second kappa shape index (κ2) is 6.90. The summed E-state index contributed by atoms with van der Waals surface area (Å²) >= 11 is 0. The highest BCUT2D eigenvalue weighted by Crippen LogP contribution is 2.32. The van der Waals surface area contributed by atoms with Gasteiger partial charge in [0.25, 0.3) is 5.91 Å². The van der Waals surface area contributed by atoms with Crippen molar-refractivity contribution in [3.63, 3.8) is 0 Å². The minimum Gasteiger partial charge on any atom is -0.454 e. The number of rotatable bonds is 4. The van der Waals surface area contributed by atoms with Crippen molar-refractivity contribution in [2.75, 3.05) is 6.79 Å². The molecule has 5 rings (SSSR count). The van der Waals surface area contributed by atoms with Crippen molar-refractivity contribution in [3.05, 3.63) is 77.9 Å². The van der Waals surface area contributed by atoms with Crippen LogP contribution in [-0.4, -0.2) is 27.3 Å². The van der Waals surface area contributed by atoms with Gasteiger partial charge >= 0.3 is 0 Å². The predicted octanol–water partition coefficient (Wildman–Crippen LogP) is 3.19. The Balaban J connectivity index is 1.38. The fourth-order valence-corrected chi connectivity index (χ4v) is 3.17. The molecule has 0 unspecified atom stereocenters. The van der Waals surface area contributed by atoms with Gasteiger partial charge in [-0.25, -0.2) is 13.9 Å². The molecule has 3 heterocycles. The van der Waals surface area contributed by atoms with Crippen LogP contribution in [0.25, 0.3) is 16.9 Å². The summed E-state index contributed by atoms with van der Waals surface area (Å²) in [7, 11) is 0. The van der Waals surface area contributed by atoms with Gasteiger partial charge in [0.2, 0.25) is 6.79 Å². The first-order chi connectivity index (χ1) is 14.2. The number of hydrogen-bond donors (Lipinski definition) is 1. The Labute approximate surface area is 164 Å². The molecule has 2 aromatic carbocycles. The van der Waals surface area contributed by atoms with E-state index >= 15 is 0 Å². The molecule has 144 valence electrons. The third-order valence-electron chi connectivity index (χ3n) is 4.62. The summed E-state index contributed by atoms with van der Waals surface area (Å²) in [6.07, 6.45) is 1.63. The highest BCUT2D eigenvalue weighted by atomic mass is 19.1. The number of benzene rings is 2. The van der Waals surface area contributed by atoms with Crippen molar-refractivity contribution in [3.8, 4) is 22.8 Å². The minimum atomic E-state index is -0.321. The molecule has 1 N–H and O–H groups in total. The Hall–Kier alpha value is -3.94. The summed E-state index contributed by atoms with van der Waals surface area (Å²) in [4.78, 5) is 16.9. The highest BCUT2D eigenvalue weighted by molar-refractivity contribution is 5.93. The first kappa shape index (κ1) is 17.2. The van der Waals surface area contributed by atoms with Crippen molar-refractivity contribution >= 4 is 11.6 Å². The highest BCUT2D eigenvalue weighted by Gasteiger charge is 2.16. The lowest BCUT2D eigenvalue weighted by molar-refractivity contribution is 0.0945. The van der Waals surface area contributed by atoms with Gasteiger partial charge in [-0.15, -0.1) is 0 Å². The molecule has 1 aliphatic heterocycles. The first-order valence-electron chi connectivity index (χ1n) is 8.95. The Bertz CT molecular complexity index is 1220. The molecule has 0 saturated heterocycles. The number of nitrogens with one attached hydrogen (secondary N) is 1. The summed E-state index contributed by atoms with van der Waals surface area (Å²) in [5.74, 6) is 0.721. The monoisotopic (exact) mass is 390 g/mol. The van der Waals surface area contributed by atoms with Crippen LogP contribution in [0.5, 0.6) is 11.5 Å². The molecule has 0 bridgehead atoms. The Morgan fingerprint density at radius 1 is 1.07 bits per heavy atom. The zero-order valence-electron chi connectivity index (χ0n) is 15.1. The molecule has 7 nitrogen and oxygen atoms in total. The predicted molar refractivity (Wildman–Crippen MR) is 102 cm³/mol. The van der Waals surface area contributed by atoms with E-state index in [2.05, 4.69) is 15.4 Å². The minimum absolute atomic E-state index is 0.204. The van der Waals surface area contributed by atoms with E-state index in [1.165, 1.54) is 12.1 Å². The lowest BCUT2D eigenvalue weighted by atomic mass is 10.1. The van der Waals surface area contributed by atoms with E-state index in [1.807, 2.05) is 18.2 Å². The van der Waals surface area contributed by atoms with Crippen LogP contribution in [0.4, 0.5) is 4.39 Å². The van der Waals surface area contributed by atoms with Gasteiger partial charge in [-0.3, -0.25) is 4.79 Å². The molecule has 2 aromatic heterocycles. The standard InChI is InChI=1S/C21H15FN4O3/c22-15-4-2-14(3-5-15)17-7-8-23-20-10-16(25-26(17)20)21(27)24-11-13-1-6-18-19(9-13)29-12-28-18/h1-10H,11-12H2,(H,24,27). The number of nitrogens with zero attached hydrogens (tertiary/aromatic N) is 3. The molecule has 0 spiro atoms. The number of carbonyl (C=O) groups is 1. The average molecular weight is 390 g/mol. The second-order valence-electron chi connectivity index (χ2n) is 6.51. The van der Waals surface area contributed by atoms with Crippen molar-refractivity contribution in [1.29, 1.82) is 0 Å². The van der Waals surface area contributed by atoms with E-state index in [9.17, 15) is 9.18 Å². The summed E-state index contributed by atoms with van der Waals surface area (Å²) in [5, 5.41) is 7.23. The molecular weight excluding hydrogens is 375 g/mol. The van der Waals surface area contributed by atoms with Gasteiger partial charge in [-0.1, -0.05) is 6.07 Å². The maximum atomic E-state index is 13.2. The molecule has 0 radical (unpaired) electrons. The number of halogens is 1. The Morgan fingerprint density at radius 2 is 1.90 bits per heavy atom. The topological polar surface area (TPSA) is 77.8 Å². The molecule has 0 fully saturated rings. The summed E-state index contributed by atoms with van der Waals surface area (Å²) in [6, 6.07) is 15.0. The Morgan fingerprint density at radius 3 is 2.76 bits per heavy atom. The van der Waals surface area contributed by atoms with Crippen LogP contribution in [0.3, 0.4) is 0 Å². The maximum Gasteiger partial charge on any atom is 0.272 e. The maximum absolute atomic E-state index is 13.2. The smallest absolute Gasteiger partial charge is 0.272 e. The van der Waals surface area contributed by atoms with Gasteiger partial charge in [-0.05, 0) is 48.0 Å². The van der Waals surface area contributed by atoms with Gasteiger partial charge in [0.15, 0.2) is 22.8 Å². The zero-order chi connectivity index (χ0) is 19.8. The van der Waals surface area contributed by atoms with Gasteiger partial charge in [0, 0.05) is 24.4 Å². The van der Waals surface area contributed by atoms with E-state index in [0.717, 1.165) is 11.1 Å². The number of hydrogen-bond acceptors (Lipinski definition) is 5. The molecule has 1 aliphatic rings.